The van der Waals surface area contributed by atoms with Gasteiger partial charge in [-0.25, -0.2) is 15.0 Å². The van der Waals surface area contributed by atoms with Crippen molar-refractivity contribution in [1.82, 2.24) is 29.7 Å². The van der Waals surface area contributed by atoms with Crippen LogP contribution in [0.5, 0.6) is 0 Å². The van der Waals surface area contributed by atoms with Crippen molar-refractivity contribution in [2.45, 2.75) is 46.4 Å². The van der Waals surface area contributed by atoms with Gasteiger partial charge in [0.05, 0.1) is 18.8 Å². The zero-order chi connectivity index (χ0) is 16.7. The van der Waals surface area contributed by atoms with Gasteiger partial charge in [-0.15, -0.1) is 0 Å². The summed E-state index contributed by atoms with van der Waals surface area (Å²) in [5.74, 6) is 2.29. The number of fused-ring (bicyclic) bond motifs is 2. The third-order valence-electron chi connectivity index (χ3n) is 4.47. The normalized spacial score (nSPS) is 16.4. The average molecular weight is 326 g/mol. The van der Waals surface area contributed by atoms with Crippen LogP contribution < -0.4 is 5.32 Å². The lowest BCUT2D eigenvalue weighted by atomic mass is 10.1. The maximum Gasteiger partial charge on any atom is 0.274 e. The monoisotopic (exact) mass is 326 g/mol. The van der Waals surface area contributed by atoms with Crippen molar-refractivity contribution < 1.29 is 4.79 Å². The minimum atomic E-state index is -0.0275. The highest BCUT2D eigenvalue weighted by Crippen LogP contribution is 2.23. The number of rotatable bonds is 3. The molecule has 2 aromatic heterocycles. The Morgan fingerprint density at radius 3 is 3.00 bits per heavy atom. The molecule has 0 unspecified atom stereocenters. The number of carbonyl (C=O) groups is 1. The summed E-state index contributed by atoms with van der Waals surface area (Å²) in [6, 6.07) is 0. The van der Waals surface area contributed by atoms with E-state index in [0.29, 0.717) is 24.7 Å². The van der Waals surface area contributed by atoms with Crippen molar-refractivity contribution in [3.63, 3.8) is 0 Å². The maximum atomic E-state index is 12.8. The van der Waals surface area contributed by atoms with Crippen molar-refractivity contribution in [3.8, 4) is 0 Å². The molecule has 7 nitrogen and oxygen atoms in total. The van der Waals surface area contributed by atoms with Gasteiger partial charge in [-0.2, -0.15) is 0 Å². The van der Waals surface area contributed by atoms with Crippen molar-refractivity contribution >= 4 is 5.91 Å². The highest BCUT2D eigenvalue weighted by molar-refractivity contribution is 5.92. The zero-order valence-electron chi connectivity index (χ0n) is 14.1. The van der Waals surface area contributed by atoms with Crippen molar-refractivity contribution in [1.29, 1.82) is 0 Å². The molecule has 4 heterocycles. The largest absolute Gasteiger partial charge is 0.332 e. The number of carbonyl (C=O) groups excluding carboxylic acids is 1. The Labute approximate surface area is 141 Å². The topological polar surface area (TPSA) is 75.9 Å². The molecular formula is C17H22N6O. The predicted molar refractivity (Wildman–Crippen MR) is 88.1 cm³/mol. The Morgan fingerprint density at radius 1 is 1.33 bits per heavy atom. The molecule has 0 saturated heterocycles. The molecule has 0 fully saturated rings. The molecule has 2 aliphatic rings. The molecule has 0 aromatic carbocycles. The van der Waals surface area contributed by atoms with Gasteiger partial charge in [-0.05, 0) is 5.92 Å². The predicted octanol–water partition coefficient (Wildman–Crippen LogP) is 1.13. The molecule has 0 atom stereocenters. The number of nitrogens with zero attached hydrogens (tertiary/aromatic N) is 5. The van der Waals surface area contributed by atoms with Gasteiger partial charge in [0.1, 0.15) is 17.3 Å². The van der Waals surface area contributed by atoms with E-state index < -0.39 is 0 Å². The van der Waals surface area contributed by atoms with E-state index in [1.807, 2.05) is 12.4 Å². The number of amides is 1. The molecule has 2 aliphatic heterocycles. The first-order valence-electron chi connectivity index (χ1n) is 8.50. The first kappa shape index (κ1) is 15.3. The summed E-state index contributed by atoms with van der Waals surface area (Å²) in [4.78, 5) is 28.1. The highest BCUT2D eigenvalue weighted by Gasteiger charge is 2.28. The van der Waals surface area contributed by atoms with E-state index in [4.69, 9.17) is 0 Å². The summed E-state index contributed by atoms with van der Waals surface area (Å²) in [5, 5.41) is 3.27. The minimum Gasteiger partial charge on any atom is -0.332 e. The summed E-state index contributed by atoms with van der Waals surface area (Å²) in [5.41, 5.74) is 2.54. The molecule has 7 heteroatoms. The van der Waals surface area contributed by atoms with Crippen LogP contribution >= 0.6 is 0 Å². The molecule has 0 saturated carbocycles. The molecule has 4 rings (SSSR count). The summed E-state index contributed by atoms with van der Waals surface area (Å²) < 4.78 is 2.06. The first-order chi connectivity index (χ1) is 11.6. The summed E-state index contributed by atoms with van der Waals surface area (Å²) in [6.45, 7) is 7.92. The Bertz CT molecular complexity index is 758. The second-order valence-electron chi connectivity index (χ2n) is 6.93. The van der Waals surface area contributed by atoms with Gasteiger partial charge in [0.2, 0.25) is 0 Å². The van der Waals surface area contributed by atoms with E-state index in [2.05, 4.69) is 38.7 Å². The van der Waals surface area contributed by atoms with Crippen LogP contribution in [-0.2, 0) is 32.6 Å². The molecule has 2 aromatic rings. The number of hydrogen-bond acceptors (Lipinski definition) is 5. The average Bonchev–Trinajstić information content (AvgIpc) is 3.16. The SMILES string of the molecule is CC(C)Cc1ncc2c(n1)CN(C(=O)c1cn3c(n1)CNCC3)C2. The Kier molecular flexibility index (Phi) is 3.80. The summed E-state index contributed by atoms with van der Waals surface area (Å²) in [6.07, 6.45) is 4.61. The van der Waals surface area contributed by atoms with Gasteiger partial charge in [0.15, 0.2) is 0 Å². The third kappa shape index (κ3) is 2.80. The molecule has 1 N–H and O–H groups in total. The van der Waals surface area contributed by atoms with Gasteiger partial charge < -0.3 is 14.8 Å². The smallest absolute Gasteiger partial charge is 0.274 e. The molecule has 0 spiro atoms. The molecule has 126 valence electrons. The second kappa shape index (κ2) is 5.98. The minimum absolute atomic E-state index is 0.0275. The van der Waals surface area contributed by atoms with Gasteiger partial charge in [-0.1, -0.05) is 13.8 Å². The van der Waals surface area contributed by atoms with E-state index >= 15 is 0 Å². The third-order valence-corrected chi connectivity index (χ3v) is 4.47. The second-order valence-corrected chi connectivity index (χ2v) is 6.93. The lowest BCUT2D eigenvalue weighted by Crippen LogP contribution is -2.27. The first-order valence-corrected chi connectivity index (χ1v) is 8.50. The Hall–Kier alpha value is -2.28. The zero-order valence-corrected chi connectivity index (χ0v) is 14.1. The lowest BCUT2D eigenvalue weighted by Gasteiger charge is -2.13. The van der Waals surface area contributed by atoms with Gasteiger partial charge in [-0.3, -0.25) is 4.79 Å². The van der Waals surface area contributed by atoms with Gasteiger partial charge in [0.25, 0.3) is 5.91 Å². The number of imidazole rings is 1. The quantitative estimate of drug-likeness (QED) is 0.915. The van der Waals surface area contributed by atoms with E-state index in [9.17, 15) is 4.79 Å². The standard InChI is InChI=1S/C17H22N6O/c1-11(2)5-15-19-6-12-8-23(9-13(12)20-15)17(24)14-10-22-4-3-18-7-16(22)21-14/h6,10-11,18H,3-5,7-9H2,1-2H3. The van der Waals surface area contributed by atoms with E-state index in [-0.39, 0.29) is 5.91 Å². The van der Waals surface area contributed by atoms with Crippen molar-refractivity contribution in [2.24, 2.45) is 5.92 Å². The van der Waals surface area contributed by atoms with E-state index in [1.54, 1.807) is 4.90 Å². The van der Waals surface area contributed by atoms with Crippen LogP contribution in [0.2, 0.25) is 0 Å². The summed E-state index contributed by atoms with van der Waals surface area (Å²) in [7, 11) is 0. The van der Waals surface area contributed by atoms with Crippen LogP contribution in [0.1, 0.15) is 47.2 Å². The van der Waals surface area contributed by atoms with Crippen LogP contribution in [0.4, 0.5) is 0 Å². The molecule has 24 heavy (non-hydrogen) atoms. The molecule has 0 bridgehead atoms. The van der Waals surface area contributed by atoms with Crippen LogP contribution in [0.25, 0.3) is 0 Å². The Morgan fingerprint density at radius 2 is 2.21 bits per heavy atom. The lowest BCUT2D eigenvalue weighted by molar-refractivity contribution is 0.0744. The molecule has 1 amide bonds. The Balaban J connectivity index is 1.51. The van der Waals surface area contributed by atoms with Crippen LogP contribution in [0.3, 0.4) is 0 Å². The fraction of sp³-hybridized carbons (Fsp3) is 0.529. The van der Waals surface area contributed by atoms with E-state index in [1.165, 1.54) is 0 Å². The summed E-state index contributed by atoms with van der Waals surface area (Å²) >= 11 is 0. The van der Waals surface area contributed by atoms with Crippen LogP contribution in [-0.4, -0.2) is 36.9 Å². The number of hydrogen-bond donors (Lipinski definition) is 1. The molecule has 0 aliphatic carbocycles. The molecular weight excluding hydrogens is 304 g/mol. The molecule has 0 radical (unpaired) electrons. The van der Waals surface area contributed by atoms with Crippen LogP contribution in [0, 0.1) is 5.92 Å². The van der Waals surface area contributed by atoms with Gasteiger partial charge >= 0.3 is 0 Å². The van der Waals surface area contributed by atoms with Crippen molar-refractivity contribution in [2.75, 3.05) is 6.54 Å². The van der Waals surface area contributed by atoms with E-state index in [0.717, 1.165) is 49.0 Å². The van der Waals surface area contributed by atoms with Crippen LogP contribution in [0.15, 0.2) is 12.4 Å². The maximum absolute atomic E-state index is 12.8. The van der Waals surface area contributed by atoms with Crippen molar-refractivity contribution in [3.05, 3.63) is 41.0 Å². The van der Waals surface area contributed by atoms with Gasteiger partial charge in [0, 0.05) is 44.0 Å². The fourth-order valence-electron chi connectivity index (χ4n) is 3.26. The fourth-order valence-corrected chi connectivity index (χ4v) is 3.26. The highest BCUT2D eigenvalue weighted by atomic mass is 16.2. The number of nitrogens with one attached hydrogen (secondary N) is 1. The number of aromatic nitrogens is 4.